The second kappa shape index (κ2) is 4.22. The van der Waals surface area contributed by atoms with E-state index in [1.54, 1.807) is 0 Å². The van der Waals surface area contributed by atoms with Gasteiger partial charge in [0.05, 0.1) is 12.2 Å². The van der Waals surface area contributed by atoms with Crippen molar-refractivity contribution in [3.05, 3.63) is 6.92 Å². The summed E-state index contributed by atoms with van der Waals surface area (Å²) in [6, 6.07) is 0. The van der Waals surface area contributed by atoms with Crippen molar-refractivity contribution in [2.24, 2.45) is 17.8 Å². The minimum absolute atomic E-state index is 0.614. The number of ether oxygens (including phenoxy) is 1. The first kappa shape index (κ1) is 10.5. The molecule has 0 aromatic heterocycles. The first-order chi connectivity index (χ1) is 6.74. The maximum Gasteiger partial charge on any atom is 0.0872 e. The van der Waals surface area contributed by atoms with Gasteiger partial charge >= 0.3 is 0 Å². The molecule has 2 aliphatic rings. The minimum atomic E-state index is 0.614. The quantitative estimate of drug-likeness (QED) is 0.494. The Hall–Kier alpha value is -0.0400. The number of hydrogen-bond donors (Lipinski definition) is 0. The van der Waals surface area contributed by atoms with E-state index in [1.165, 1.54) is 25.7 Å². The number of epoxide rings is 1. The van der Waals surface area contributed by atoms with E-state index < -0.39 is 0 Å². The molecule has 1 saturated carbocycles. The third kappa shape index (κ3) is 1.98. The van der Waals surface area contributed by atoms with Crippen LogP contribution in [0.5, 0.6) is 0 Å². The van der Waals surface area contributed by atoms with Crippen LogP contribution in [0.15, 0.2) is 0 Å². The summed E-state index contributed by atoms with van der Waals surface area (Å²) >= 11 is 0. The number of rotatable bonds is 4. The molecule has 1 aliphatic carbocycles. The van der Waals surface area contributed by atoms with Crippen molar-refractivity contribution in [3.8, 4) is 0 Å². The van der Waals surface area contributed by atoms with Gasteiger partial charge in [-0.1, -0.05) is 46.5 Å². The standard InChI is InChI=1S/C13H23O/c1-4-5-6-7-11-8-9(2)12-13(14-12)10(11)3/h9-13H,1,4-8H2,2-3H3. The van der Waals surface area contributed by atoms with Crippen LogP contribution in [0.3, 0.4) is 0 Å². The Balaban J connectivity index is 1.79. The predicted molar refractivity (Wildman–Crippen MR) is 58.9 cm³/mol. The van der Waals surface area contributed by atoms with Crippen LogP contribution in [0.2, 0.25) is 0 Å². The molecule has 1 heterocycles. The van der Waals surface area contributed by atoms with Gasteiger partial charge in [0.15, 0.2) is 0 Å². The van der Waals surface area contributed by atoms with Gasteiger partial charge in [-0.3, -0.25) is 0 Å². The van der Waals surface area contributed by atoms with Crippen LogP contribution in [-0.2, 0) is 4.74 Å². The normalized spacial score (nSPS) is 46.1. The SMILES string of the molecule is [CH2]CCCCC1CC(C)C2OC2C1C. The Labute approximate surface area is 88.2 Å². The molecule has 0 amide bonds. The average Bonchev–Trinajstić information content (AvgIpc) is 2.93. The van der Waals surface area contributed by atoms with E-state index in [-0.39, 0.29) is 0 Å². The molecule has 5 unspecified atom stereocenters. The van der Waals surface area contributed by atoms with Crippen LogP contribution in [-0.4, -0.2) is 12.2 Å². The van der Waals surface area contributed by atoms with Crippen LogP contribution < -0.4 is 0 Å². The smallest absolute Gasteiger partial charge is 0.0872 e. The maximum absolute atomic E-state index is 5.73. The summed E-state index contributed by atoms with van der Waals surface area (Å²) in [6.07, 6.45) is 7.78. The molecule has 81 valence electrons. The summed E-state index contributed by atoms with van der Waals surface area (Å²) in [5.41, 5.74) is 0. The Bertz CT molecular complexity index is 190. The van der Waals surface area contributed by atoms with Gasteiger partial charge in [-0.15, -0.1) is 0 Å². The van der Waals surface area contributed by atoms with Gasteiger partial charge in [0.2, 0.25) is 0 Å². The topological polar surface area (TPSA) is 12.5 Å². The second-order valence-electron chi connectivity index (χ2n) is 5.25. The third-order valence-electron chi connectivity index (χ3n) is 4.13. The van der Waals surface area contributed by atoms with Crippen molar-refractivity contribution in [3.63, 3.8) is 0 Å². The molecule has 14 heavy (non-hydrogen) atoms. The van der Waals surface area contributed by atoms with E-state index in [2.05, 4.69) is 20.8 Å². The molecular weight excluding hydrogens is 172 g/mol. The van der Waals surface area contributed by atoms with Crippen molar-refractivity contribution in [1.82, 2.24) is 0 Å². The summed E-state index contributed by atoms with van der Waals surface area (Å²) in [6.45, 7) is 8.63. The number of fused-ring (bicyclic) bond motifs is 1. The van der Waals surface area contributed by atoms with Crippen molar-refractivity contribution in [2.75, 3.05) is 0 Å². The molecule has 1 saturated heterocycles. The fraction of sp³-hybridized carbons (Fsp3) is 0.923. The van der Waals surface area contributed by atoms with Crippen molar-refractivity contribution in [1.29, 1.82) is 0 Å². The fourth-order valence-electron chi connectivity index (χ4n) is 3.08. The van der Waals surface area contributed by atoms with Gasteiger partial charge in [-0.05, 0) is 24.2 Å². The van der Waals surface area contributed by atoms with Crippen LogP contribution in [0.4, 0.5) is 0 Å². The lowest BCUT2D eigenvalue weighted by Crippen LogP contribution is -2.29. The monoisotopic (exact) mass is 195 g/mol. The molecule has 0 spiro atoms. The lowest BCUT2D eigenvalue weighted by atomic mass is 9.73. The minimum Gasteiger partial charge on any atom is -0.369 e. The molecule has 1 radical (unpaired) electrons. The molecule has 2 fully saturated rings. The summed E-state index contributed by atoms with van der Waals surface area (Å²) < 4.78 is 5.73. The van der Waals surface area contributed by atoms with Crippen molar-refractivity contribution >= 4 is 0 Å². The Kier molecular flexibility index (Phi) is 3.16. The van der Waals surface area contributed by atoms with E-state index in [4.69, 9.17) is 4.74 Å². The van der Waals surface area contributed by atoms with Gasteiger partial charge in [0.1, 0.15) is 0 Å². The van der Waals surface area contributed by atoms with Crippen LogP contribution in [0, 0.1) is 24.7 Å². The first-order valence-electron chi connectivity index (χ1n) is 6.18. The summed E-state index contributed by atoms with van der Waals surface area (Å²) in [4.78, 5) is 0. The highest BCUT2D eigenvalue weighted by Crippen LogP contribution is 2.48. The highest BCUT2D eigenvalue weighted by molar-refractivity contribution is 4.99. The molecule has 0 aromatic rings. The first-order valence-corrected chi connectivity index (χ1v) is 6.18. The van der Waals surface area contributed by atoms with Crippen LogP contribution >= 0.6 is 0 Å². The molecule has 0 aromatic carbocycles. The van der Waals surface area contributed by atoms with Crippen molar-refractivity contribution in [2.45, 2.75) is 58.2 Å². The highest BCUT2D eigenvalue weighted by atomic mass is 16.6. The Morgan fingerprint density at radius 3 is 2.71 bits per heavy atom. The predicted octanol–water partition coefficient (Wildman–Crippen LogP) is 3.44. The Morgan fingerprint density at radius 1 is 1.21 bits per heavy atom. The maximum atomic E-state index is 5.73. The molecular formula is C13H23O. The highest BCUT2D eigenvalue weighted by Gasteiger charge is 2.52. The number of unbranched alkanes of at least 4 members (excludes halogenated alkanes) is 2. The van der Waals surface area contributed by atoms with Gasteiger partial charge in [-0.25, -0.2) is 0 Å². The zero-order valence-electron chi connectivity index (χ0n) is 9.54. The van der Waals surface area contributed by atoms with Crippen LogP contribution in [0.25, 0.3) is 0 Å². The summed E-state index contributed by atoms with van der Waals surface area (Å²) in [5.74, 6) is 2.53. The Morgan fingerprint density at radius 2 is 2.00 bits per heavy atom. The average molecular weight is 195 g/mol. The zero-order valence-corrected chi connectivity index (χ0v) is 9.54. The molecule has 1 aliphatic heterocycles. The molecule has 5 atom stereocenters. The summed E-state index contributed by atoms with van der Waals surface area (Å²) in [5, 5.41) is 0. The fourth-order valence-corrected chi connectivity index (χ4v) is 3.08. The molecule has 1 nitrogen and oxygen atoms in total. The van der Waals surface area contributed by atoms with Gasteiger partial charge < -0.3 is 4.74 Å². The summed E-state index contributed by atoms with van der Waals surface area (Å²) in [7, 11) is 0. The van der Waals surface area contributed by atoms with E-state index in [1.807, 2.05) is 0 Å². The molecule has 0 bridgehead atoms. The van der Waals surface area contributed by atoms with E-state index in [0.717, 1.165) is 24.2 Å². The third-order valence-corrected chi connectivity index (χ3v) is 4.13. The van der Waals surface area contributed by atoms with Crippen molar-refractivity contribution < 1.29 is 4.74 Å². The van der Waals surface area contributed by atoms with Crippen LogP contribution in [0.1, 0.15) is 46.0 Å². The van der Waals surface area contributed by atoms with Gasteiger partial charge in [0, 0.05) is 0 Å². The van der Waals surface area contributed by atoms with Gasteiger partial charge in [0.25, 0.3) is 0 Å². The molecule has 2 rings (SSSR count). The lowest BCUT2D eigenvalue weighted by molar-refractivity contribution is 0.221. The van der Waals surface area contributed by atoms with E-state index >= 15 is 0 Å². The second-order valence-corrected chi connectivity index (χ2v) is 5.25. The zero-order chi connectivity index (χ0) is 10.1. The largest absolute Gasteiger partial charge is 0.369 e. The van der Waals surface area contributed by atoms with Gasteiger partial charge in [-0.2, -0.15) is 0 Å². The lowest BCUT2D eigenvalue weighted by Gasteiger charge is -2.29. The van der Waals surface area contributed by atoms with E-state index in [0.29, 0.717) is 12.2 Å². The molecule has 1 heteroatoms. The van der Waals surface area contributed by atoms with E-state index in [9.17, 15) is 0 Å². The molecule has 0 N–H and O–H groups in total. The number of hydrogen-bond acceptors (Lipinski definition) is 1.